The third-order valence-electron chi connectivity index (χ3n) is 3.03. The molecule has 0 fully saturated rings. The van der Waals surface area contributed by atoms with Crippen molar-refractivity contribution in [2.75, 3.05) is 0 Å². The van der Waals surface area contributed by atoms with Crippen molar-refractivity contribution in [2.24, 2.45) is 0 Å². The Morgan fingerprint density at radius 3 is 2.60 bits per heavy atom. The van der Waals surface area contributed by atoms with E-state index in [2.05, 4.69) is 59.2 Å². The van der Waals surface area contributed by atoms with Crippen LogP contribution in [-0.4, -0.2) is 9.78 Å². The molecular formula is C16H19N3S. The Bertz CT molecular complexity index is 677. The third-order valence-corrected chi connectivity index (χ3v) is 4.03. The fraction of sp³-hybridized carbons (Fsp3) is 0.188. The first-order valence-corrected chi connectivity index (χ1v) is 7.37. The van der Waals surface area contributed by atoms with Crippen molar-refractivity contribution in [2.45, 2.75) is 29.7 Å². The Kier molecular flexibility index (Phi) is 4.82. The van der Waals surface area contributed by atoms with Crippen molar-refractivity contribution in [1.82, 2.24) is 15.9 Å². The molecule has 0 radical (unpaired) electrons. The number of hydrogen-bond donors (Lipinski definition) is 1. The van der Waals surface area contributed by atoms with E-state index in [0.717, 1.165) is 13.0 Å². The first kappa shape index (κ1) is 14.6. The van der Waals surface area contributed by atoms with Crippen LogP contribution in [0.25, 0.3) is 10.9 Å². The molecule has 0 bridgehead atoms. The Labute approximate surface area is 123 Å². The quantitative estimate of drug-likeness (QED) is 0.752. The van der Waals surface area contributed by atoms with Gasteiger partial charge in [-0.1, -0.05) is 43.0 Å². The molecule has 0 aliphatic rings. The van der Waals surface area contributed by atoms with Gasteiger partial charge in [-0.3, -0.25) is 4.68 Å². The third kappa shape index (κ3) is 3.03. The molecule has 0 saturated carbocycles. The molecular weight excluding hydrogens is 266 g/mol. The zero-order valence-electron chi connectivity index (χ0n) is 11.6. The van der Waals surface area contributed by atoms with Crippen molar-refractivity contribution in [3.8, 4) is 0 Å². The maximum absolute atomic E-state index is 4.44. The predicted molar refractivity (Wildman–Crippen MR) is 85.6 cm³/mol. The molecule has 4 heteroatoms. The molecule has 0 aliphatic carbocycles. The van der Waals surface area contributed by atoms with Crippen LogP contribution in [0.1, 0.15) is 13.3 Å². The maximum Gasteiger partial charge on any atom is 0.0693 e. The summed E-state index contributed by atoms with van der Waals surface area (Å²) < 4.78 is 2.09. The average Bonchev–Trinajstić information content (AvgIpc) is 2.83. The lowest BCUT2D eigenvalue weighted by molar-refractivity contribution is 0.622. The number of benzene rings is 2. The van der Waals surface area contributed by atoms with E-state index >= 15 is 0 Å². The van der Waals surface area contributed by atoms with Gasteiger partial charge in [0.1, 0.15) is 0 Å². The average molecular weight is 285 g/mol. The summed E-state index contributed by atoms with van der Waals surface area (Å²) in [5.74, 6) is 0. The van der Waals surface area contributed by atoms with E-state index in [1.54, 1.807) is 11.8 Å². The molecule has 1 aromatic heterocycles. The first-order chi connectivity index (χ1) is 9.36. The van der Waals surface area contributed by atoms with Gasteiger partial charge in [0.25, 0.3) is 0 Å². The molecule has 0 spiro atoms. The predicted octanol–water partition coefficient (Wildman–Crippen LogP) is 4.76. The topological polar surface area (TPSA) is 52.8 Å². The van der Waals surface area contributed by atoms with Crippen LogP contribution < -0.4 is 6.15 Å². The smallest absolute Gasteiger partial charge is 0.0693 e. The van der Waals surface area contributed by atoms with Gasteiger partial charge in [0, 0.05) is 21.7 Å². The van der Waals surface area contributed by atoms with Crippen LogP contribution in [0.4, 0.5) is 0 Å². The van der Waals surface area contributed by atoms with Gasteiger partial charge in [0.2, 0.25) is 0 Å². The molecule has 3 rings (SSSR count). The molecule has 20 heavy (non-hydrogen) atoms. The molecule has 0 aliphatic heterocycles. The molecule has 104 valence electrons. The van der Waals surface area contributed by atoms with Crippen LogP contribution in [0.2, 0.25) is 0 Å². The highest BCUT2D eigenvalue weighted by Crippen LogP contribution is 2.29. The van der Waals surface area contributed by atoms with Gasteiger partial charge in [-0.15, -0.1) is 0 Å². The molecule has 3 N–H and O–H groups in total. The van der Waals surface area contributed by atoms with Crippen LogP contribution in [0.15, 0.2) is 64.5 Å². The molecule has 0 saturated heterocycles. The van der Waals surface area contributed by atoms with Crippen molar-refractivity contribution in [3.05, 3.63) is 54.7 Å². The second-order valence-electron chi connectivity index (χ2n) is 4.50. The van der Waals surface area contributed by atoms with Crippen molar-refractivity contribution in [3.63, 3.8) is 0 Å². The van der Waals surface area contributed by atoms with E-state index in [-0.39, 0.29) is 6.15 Å². The monoisotopic (exact) mass is 285 g/mol. The van der Waals surface area contributed by atoms with Gasteiger partial charge in [0.05, 0.1) is 11.7 Å². The lowest BCUT2D eigenvalue weighted by Gasteiger charge is -2.04. The van der Waals surface area contributed by atoms with E-state index in [4.69, 9.17) is 0 Å². The molecule has 2 aromatic carbocycles. The van der Waals surface area contributed by atoms with Gasteiger partial charge < -0.3 is 6.15 Å². The Morgan fingerprint density at radius 2 is 1.85 bits per heavy atom. The Balaban J connectivity index is 0.00000147. The minimum atomic E-state index is 0. The second kappa shape index (κ2) is 6.59. The van der Waals surface area contributed by atoms with Crippen molar-refractivity contribution < 1.29 is 0 Å². The van der Waals surface area contributed by atoms with E-state index < -0.39 is 0 Å². The molecule has 3 aromatic rings. The summed E-state index contributed by atoms with van der Waals surface area (Å²) in [6, 6.07) is 17.0. The summed E-state index contributed by atoms with van der Waals surface area (Å²) in [5.41, 5.74) is 1.22. The van der Waals surface area contributed by atoms with Gasteiger partial charge in [-0.2, -0.15) is 5.10 Å². The van der Waals surface area contributed by atoms with Gasteiger partial charge in [-0.25, -0.2) is 0 Å². The zero-order chi connectivity index (χ0) is 13.1. The summed E-state index contributed by atoms with van der Waals surface area (Å²) in [4.78, 5) is 2.53. The fourth-order valence-electron chi connectivity index (χ4n) is 2.13. The normalized spacial score (nSPS) is 10.4. The van der Waals surface area contributed by atoms with E-state index in [1.807, 2.05) is 12.3 Å². The maximum atomic E-state index is 4.44. The second-order valence-corrected chi connectivity index (χ2v) is 5.65. The van der Waals surface area contributed by atoms with Crippen molar-refractivity contribution in [1.29, 1.82) is 0 Å². The largest absolute Gasteiger partial charge is 0.344 e. The molecule has 0 amide bonds. The Morgan fingerprint density at radius 1 is 1.05 bits per heavy atom. The number of fused-ring (bicyclic) bond motifs is 1. The number of hydrogen-bond acceptors (Lipinski definition) is 3. The van der Waals surface area contributed by atoms with E-state index in [1.165, 1.54) is 20.7 Å². The number of aryl methyl sites for hydroxylation is 1. The van der Waals surface area contributed by atoms with Crippen LogP contribution in [0.3, 0.4) is 0 Å². The minimum absolute atomic E-state index is 0. The van der Waals surface area contributed by atoms with Crippen LogP contribution in [0, 0.1) is 0 Å². The fourth-order valence-corrected chi connectivity index (χ4v) is 3.00. The summed E-state index contributed by atoms with van der Waals surface area (Å²) >= 11 is 1.79. The molecule has 0 unspecified atom stereocenters. The van der Waals surface area contributed by atoms with E-state index in [9.17, 15) is 0 Å². The van der Waals surface area contributed by atoms with Crippen molar-refractivity contribution >= 4 is 22.7 Å². The standard InChI is InChI=1S/C16H16N2S.H3N/c1-2-10-18-16-11-15(9-8-13(16)12-17-18)19-14-6-4-3-5-7-14;/h3-9,11-12H,2,10H2,1H3;1H3. The molecule has 3 nitrogen and oxygen atoms in total. The number of aromatic nitrogens is 2. The van der Waals surface area contributed by atoms with Gasteiger partial charge in [-0.05, 0) is 30.7 Å². The summed E-state index contributed by atoms with van der Waals surface area (Å²) in [7, 11) is 0. The lowest BCUT2D eigenvalue weighted by Crippen LogP contribution is -1.97. The van der Waals surface area contributed by atoms with E-state index in [0.29, 0.717) is 0 Å². The highest BCUT2D eigenvalue weighted by atomic mass is 32.2. The highest BCUT2D eigenvalue weighted by Gasteiger charge is 2.04. The SMILES string of the molecule is CCCn1ncc2ccc(Sc3ccccc3)cc21.N. The number of rotatable bonds is 4. The zero-order valence-corrected chi connectivity index (χ0v) is 12.4. The Hall–Kier alpha value is -1.78. The highest BCUT2D eigenvalue weighted by molar-refractivity contribution is 7.99. The molecule has 1 heterocycles. The summed E-state index contributed by atoms with van der Waals surface area (Å²) in [6.07, 6.45) is 3.05. The van der Waals surface area contributed by atoms with Crippen LogP contribution in [-0.2, 0) is 6.54 Å². The summed E-state index contributed by atoms with van der Waals surface area (Å²) in [5, 5.41) is 5.65. The first-order valence-electron chi connectivity index (χ1n) is 6.55. The molecule has 0 atom stereocenters. The summed E-state index contributed by atoms with van der Waals surface area (Å²) in [6.45, 7) is 3.15. The minimum Gasteiger partial charge on any atom is -0.344 e. The van der Waals surface area contributed by atoms with Crippen LogP contribution >= 0.6 is 11.8 Å². The lowest BCUT2D eigenvalue weighted by atomic mass is 10.2. The van der Waals surface area contributed by atoms with Gasteiger partial charge >= 0.3 is 0 Å². The van der Waals surface area contributed by atoms with Gasteiger partial charge in [0.15, 0.2) is 0 Å². The van der Waals surface area contributed by atoms with Crippen LogP contribution in [0.5, 0.6) is 0 Å². The number of nitrogens with zero attached hydrogens (tertiary/aromatic N) is 2.